The molecule has 5 heteroatoms. The Kier molecular flexibility index (Phi) is 6.78. The first kappa shape index (κ1) is 12.9. The Bertz CT molecular complexity index is 190. The van der Waals surface area contributed by atoms with Crippen LogP contribution in [0, 0.1) is 0 Å². The van der Waals surface area contributed by atoms with Crippen LogP contribution >= 0.6 is 0 Å². The molecule has 0 heterocycles. The van der Waals surface area contributed by atoms with Gasteiger partial charge in [0.2, 0.25) is 0 Å². The standard InChI is InChI=1S/C9H16O5/c1-4-5-6-12-14-8(7(2)3)13-9(10)11/h8H,2,4-6H2,1,3H3,(H,10,11). The van der Waals surface area contributed by atoms with Gasteiger partial charge in [-0.05, 0) is 18.9 Å². The summed E-state index contributed by atoms with van der Waals surface area (Å²) >= 11 is 0. The minimum Gasteiger partial charge on any atom is -0.450 e. The average Bonchev–Trinajstić information content (AvgIpc) is 2.09. The van der Waals surface area contributed by atoms with Gasteiger partial charge < -0.3 is 9.84 Å². The molecule has 1 atom stereocenters. The number of hydrogen-bond donors (Lipinski definition) is 1. The quantitative estimate of drug-likeness (QED) is 0.172. The van der Waals surface area contributed by atoms with Crippen LogP contribution in [0.3, 0.4) is 0 Å². The average molecular weight is 204 g/mol. The third-order valence-corrected chi connectivity index (χ3v) is 1.35. The summed E-state index contributed by atoms with van der Waals surface area (Å²) < 4.78 is 4.36. The lowest BCUT2D eigenvalue weighted by Gasteiger charge is -2.14. The molecule has 14 heavy (non-hydrogen) atoms. The van der Waals surface area contributed by atoms with Crippen molar-refractivity contribution < 1.29 is 24.4 Å². The molecule has 1 unspecified atom stereocenters. The third kappa shape index (κ3) is 6.45. The monoisotopic (exact) mass is 204 g/mol. The van der Waals surface area contributed by atoms with E-state index in [1.807, 2.05) is 6.92 Å². The summed E-state index contributed by atoms with van der Waals surface area (Å²) in [6, 6.07) is 0. The molecule has 1 N–H and O–H groups in total. The Labute approximate surface area is 83.2 Å². The third-order valence-electron chi connectivity index (χ3n) is 1.35. The van der Waals surface area contributed by atoms with Crippen molar-refractivity contribution in [3.05, 3.63) is 12.2 Å². The zero-order valence-electron chi connectivity index (χ0n) is 8.49. The lowest BCUT2D eigenvalue weighted by Crippen LogP contribution is -2.21. The van der Waals surface area contributed by atoms with Crippen LogP contribution in [0.15, 0.2) is 12.2 Å². The zero-order chi connectivity index (χ0) is 11.0. The fourth-order valence-electron chi connectivity index (χ4n) is 0.607. The Hall–Kier alpha value is -1.07. The number of unbranched alkanes of at least 4 members (excludes halogenated alkanes) is 1. The van der Waals surface area contributed by atoms with Crippen LogP contribution < -0.4 is 0 Å². The summed E-state index contributed by atoms with van der Waals surface area (Å²) in [7, 11) is 0. The summed E-state index contributed by atoms with van der Waals surface area (Å²) in [6.07, 6.45) is -0.655. The predicted octanol–water partition coefficient (Wildman–Crippen LogP) is 2.33. The molecule has 0 saturated heterocycles. The van der Waals surface area contributed by atoms with Crippen molar-refractivity contribution in [1.82, 2.24) is 0 Å². The number of ether oxygens (including phenoxy) is 1. The van der Waals surface area contributed by atoms with Crippen LogP contribution in [0.4, 0.5) is 4.79 Å². The summed E-state index contributed by atoms with van der Waals surface area (Å²) in [6.45, 7) is 7.52. The molecule has 0 saturated carbocycles. The molecule has 0 bridgehead atoms. The smallest absolute Gasteiger partial charge is 0.450 e. The Morgan fingerprint density at radius 1 is 1.57 bits per heavy atom. The van der Waals surface area contributed by atoms with Gasteiger partial charge in [-0.2, -0.15) is 4.89 Å². The first-order valence-corrected chi connectivity index (χ1v) is 4.41. The van der Waals surface area contributed by atoms with Crippen LogP contribution in [0.1, 0.15) is 26.7 Å². The number of hydrogen-bond acceptors (Lipinski definition) is 4. The van der Waals surface area contributed by atoms with Crippen molar-refractivity contribution in [2.45, 2.75) is 33.0 Å². The SMILES string of the molecule is C=C(C)C(OOCCCC)OC(=O)O. The molecule has 0 fully saturated rings. The number of rotatable bonds is 7. The van der Waals surface area contributed by atoms with Gasteiger partial charge in [0.1, 0.15) is 0 Å². The van der Waals surface area contributed by atoms with Gasteiger partial charge in [0.25, 0.3) is 6.29 Å². The summed E-state index contributed by atoms with van der Waals surface area (Å²) in [5.74, 6) is 0. The van der Waals surface area contributed by atoms with Gasteiger partial charge in [0, 0.05) is 0 Å². The number of carbonyl (C=O) groups is 1. The second-order valence-corrected chi connectivity index (χ2v) is 2.83. The Morgan fingerprint density at radius 3 is 2.64 bits per heavy atom. The highest BCUT2D eigenvalue weighted by atomic mass is 17.2. The minimum absolute atomic E-state index is 0.406. The van der Waals surface area contributed by atoms with Crippen LogP contribution in [-0.4, -0.2) is 24.2 Å². The van der Waals surface area contributed by atoms with E-state index >= 15 is 0 Å². The van der Waals surface area contributed by atoms with Crippen LogP contribution in [0.2, 0.25) is 0 Å². The van der Waals surface area contributed by atoms with Gasteiger partial charge in [0.15, 0.2) is 0 Å². The van der Waals surface area contributed by atoms with Gasteiger partial charge >= 0.3 is 6.16 Å². The van der Waals surface area contributed by atoms with Crippen molar-refractivity contribution in [2.24, 2.45) is 0 Å². The molecular formula is C9H16O5. The van der Waals surface area contributed by atoms with Gasteiger partial charge in [0.05, 0.1) is 6.61 Å². The highest BCUT2D eigenvalue weighted by Gasteiger charge is 2.15. The molecular weight excluding hydrogens is 188 g/mol. The Balaban J connectivity index is 3.74. The van der Waals surface area contributed by atoms with E-state index < -0.39 is 12.4 Å². The molecule has 0 aliphatic carbocycles. The zero-order valence-corrected chi connectivity index (χ0v) is 8.49. The summed E-state index contributed by atoms with van der Waals surface area (Å²) in [5.41, 5.74) is 0.434. The van der Waals surface area contributed by atoms with Gasteiger partial charge in [-0.1, -0.05) is 19.9 Å². The summed E-state index contributed by atoms with van der Waals surface area (Å²) in [5, 5.41) is 8.34. The van der Waals surface area contributed by atoms with E-state index in [9.17, 15) is 4.79 Å². The topological polar surface area (TPSA) is 65.0 Å². The molecule has 0 aromatic carbocycles. The van der Waals surface area contributed by atoms with Crippen LogP contribution in [-0.2, 0) is 14.5 Å². The highest BCUT2D eigenvalue weighted by molar-refractivity contribution is 5.57. The molecule has 0 radical (unpaired) electrons. The first-order chi connectivity index (χ1) is 6.57. The molecule has 0 aromatic rings. The van der Waals surface area contributed by atoms with Gasteiger partial charge in [-0.15, -0.1) is 0 Å². The maximum Gasteiger partial charge on any atom is 0.508 e. The first-order valence-electron chi connectivity index (χ1n) is 4.41. The van der Waals surface area contributed by atoms with Crippen LogP contribution in [0.25, 0.3) is 0 Å². The van der Waals surface area contributed by atoms with Gasteiger partial charge in [-0.25, -0.2) is 9.68 Å². The molecule has 0 aliphatic heterocycles. The lowest BCUT2D eigenvalue weighted by atomic mass is 10.3. The molecule has 0 amide bonds. The molecule has 0 aromatic heterocycles. The van der Waals surface area contributed by atoms with E-state index in [1.165, 1.54) is 0 Å². The van der Waals surface area contributed by atoms with E-state index in [4.69, 9.17) is 14.9 Å². The van der Waals surface area contributed by atoms with Gasteiger partial charge in [-0.3, -0.25) is 0 Å². The maximum absolute atomic E-state index is 10.2. The second-order valence-electron chi connectivity index (χ2n) is 2.83. The van der Waals surface area contributed by atoms with Crippen molar-refractivity contribution in [3.63, 3.8) is 0 Å². The van der Waals surface area contributed by atoms with E-state index in [2.05, 4.69) is 11.3 Å². The molecule has 0 aliphatic rings. The molecule has 5 nitrogen and oxygen atoms in total. The fraction of sp³-hybridized carbons (Fsp3) is 0.667. The minimum atomic E-state index is -1.42. The van der Waals surface area contributed by atoms with Crippen molar-refractivity contribution in [2.75, 3.05) is 6.61 Å². The number of carboxylic acid groups (broad SMARTS) is 1. The molecule has 0 spiro atoms. The van der Waals surface area contributed by atoms with Crippen molar-refractivity contribution >= 4 is 6.16 Å². The molecule has 82 valence electrons. The van der Waals surface area contributed by atoms with E-state index in [-0.39, 0.29) is 0 Å². The normalized spacial score (nSPS) is 12.1. The molecule has 0 rings (SSSR count). The van der Waals surface area contributed by atoms with E-state index in [1.54, 1.807) is 6.92 Å². The Morgan fingerprint density at radius 2 is 2.21 bits per heavy atom. The van der Waals surface area contributed by atoms with Crippen LogP contribution in [0.5, 0.6) is 0 Å². The fourth-order valence-corrected chi connectivity index (χ4v) is 0.607. The highest BCUT2D eigenvalue weighted by Crippen LogP contribution is 2.07. The summed E-state index contributed by atoms with van der Waals surface area (Å²) in [4.78, 5) is 19.7. The largest absolute Gasteiger partial charge is 0.508 e. The second kappa shape index (κ2) is 7.34. The lowest BCUT2D eigenvalue weighted by molar-refractivity contribution is -0.358. The van der Waals surface area contributed by atoms with E-state index in [0.717, 1.165) is 12.8 Å². The van der Waals surface area contributed by atoms with Crippen molar-refractivity contribution in [1.29, 1.82) is 0 Å². The maximum atomic E-state index is 10.2. The van der Waals surface area contributed by atoms with E-state index in [0.29, 0.717) is 12.2 Å². The van der Waals surface area contributed by atoms with Crippen molar-refractivity contribution in [3.8, 4) is 0 Å². The predicted molar refractivity (Wildman–Crippen MR) is 49.7 cm³/mol.